The average Bonchev–Trinajstić information content (AvgIpc) is 3.20. The highest BCUT2D eigenvalue weighted by atomic mass is 35.5. The Morgan fingerprint density at radius 2 is 2.21 bits per heavy atom. The molecule has 0 fully saturated rings. The molecule has 9 heteroatoms. The lowest BCUT2D eigenvalue weighted by molar-refractivity contribution is -0.384. The Balaban J connectivity index is 1.80. The van der Waals surface area contributed by atoms with Gasteiger partial charge in [0.15, 0.2) is 0 Å². The van der Waals surface area contributed by atoms with Gasteiger partial charge in [0.1, 0.15) is 10.8 Å². The van der Waals surface area contributed by atoms with Gasteiger partial charge in [-0.2, -0.15) is 5.10 Å². The molecule has 1 aromatic carbocycles. The number of nitrogens with one attached hydrogen (secondary N) is 1. The molecule has 0 aliphatic heterocycles. The first-order valence-electron chi connectivity index (χ1n) is 6.84. The predicted molar refractivity (Wildman–Crippen MR) is 91.7 cm³/mol. The molecule has 0 saturated heterocycles. The number of carbonyl (C=O) groups is 1. The number of rotatable bonds is 5. The van der Waals surface area contributed by atoms with Gasteiger partial charge < -0.3 is 5.32 Å². The smallest absolute Gasteiger partial charge is 0.288 e. The van der Waals surface area contributed by atoms with Crippen molar-refractivity contribution in [3.05, 3.63) is 73.6 Å². The number of halogens is 1. The van der Waals surface area contributed by atoms with Crippen LogP contribution in [-0.4, -0.2) is 20.6 Å². The third-order valence-corrected chi connectivity index (χ3v) is 4.43. The van der Waals surface area contributed by atoms with E-state index >= 15 is 0 Å². The van der Waals surface area contributed by atoms with Gasteiger partial charge in [0.2, 0.25) is 0 Å². The van der Waals surface area contributed by atoms with Gasteiger partial charge in [0, 0.05) is 22.6 Å². The van der Waals surface area contributed by atoms with Crippen molar-refractivity contribution < 1.29 is 9.72 Å². The van der Waals surface area contributed by atoms with Crippen molar-refractivity contribution in [3.8, 4) is 0 Å². The Hall–Kier alpha value is -2.71. The third kappa shape index (κ3) is 3.44. The zero-order valence-electron chi connectivity index (χ0n) is 12.2. The molecule has 0 saturated carbocycles. The summed E-state index contributed by atoms with van der Waals surface area (Å²) < 4.78 is 1.65. The number of hydrogen-bond acceptors (Lipinski definition) is 5. The minimum Gasteiger partial charge on any atom is -0.307 e. The van der Waals surface area contributed by atoms with E-state index < -0.39 is 10.8 Å². The lowest BCUT2D eigenvalue weighted by Gasteiger charge is -2.08. The normalized spacial score (nSPS) is 10.5. The zero-order valence-corrected chi connectivity index (χ0v) is 13.8. The highest BCUT2D eigenvalue weighted by Gasteiger charge is 2.17. The number of amides is 1. The maximum Gasteiger partial charge on any atom is 0.288 e. The van der Waals surface area contributed by atoms with E-state index in [0.717, 1.165) is 10.9 Å². The Kier molecular flexibility index (Phi) is 4.59. The summed E-state index contributed by atoms with van der Waals surface area (Å²) in [6.07, 6.45) is 1.58. The molecule has 0 radical (unpaired) electrons. The topological polar surface area (TPSA) is 90.1 Å². The summed E-state index contributed by atoms with van der Waals surface area (Å²) in [5.41, 5.74) is -0.161. The Labute approximate surface area is 145 Å². The summed E-state index contributed by atoms with van der Waals surface area (Å²) in [5.74, 6) is 0.0358. The van der Waals surface area contributed by atoms with Gasteiger partial charge in [-0.25, -0.2) is 4.68 Å². The quantitative estimate of drug-likeness (QED) is 0.552. The molecule has 0 aliphatic rings. The van der Waals surface area contributed by atoms with Crippen molar-refractivity contribution in [2.45, 2.75) is 6.54 Å². The molecule has 0 atom stereocenters. The fourth-order valence-electron chi connectivity index (χ4n) is 2.10. The standard InChI is InChI=1S/C15H11ClN4O3S/c16-12-4-3-10(8-13(12)20(22)23)15(21)18-14-5-6-17-19(14)9-11-2-1-7-24-11/h1-8H,9H2,(H,18,21). The number of nitrogens with zero attached hydrogens (tertiary/aromatic N) is 3. The molecule has 122 valence electrons. The van der Waals surface area contributed by atoms with Crippen molar-refractivity contribution >= 4 is 40.4 Å². The number of aromatic nitrogens is 2. The van der Waals surface area contributed by atoms with Gasteiger partial charge in [-0.05, 0) is 23.6 Å². The van der Waals surface area contributed by atoms with Gasteiger partial charge in [-0.15, -0.1) is 11.3 Å². The van der Waals surface area contributed by atoms with E-state index in [1.807, 2.05) is 17.5 Å². The first-order chi connectivity index (χ1) is 11.5. The van der Waals surface area contributed by atoms with E-state index in [1.54, 1.807) is 28.3 Å². The SMILES string of the molecule is O=C(Nc1ccnn1Cc1cccs1)c1ccc(Cl)c([N+](=O)[O-])c1. The molecule has 1 amide bonds. The third-order valence-electron chi connectivity index (χ3n) is 3.25. The van der Waals surface area contributed by atoms with E-state index in [4.69, 9.17) is 11.6 Å². The van der Waals surface area contributed by atoms with Crippen molar-refractivity contribution in [3.63, 3.8) is 0 Å². The summed E-state index contributed by atoms with van der Waals surface area (Å²) in [6.45, 7) is 0.529. The first kappa shape index (κ1) is 16.2. The fourth-order valence-corrected chi connectivity index (χ4v) is 2.97. The zero-order chi connectivity index (χ0) is 17.1. The number of benzene rings is 1. The van der Waals surface area contributed by atoms with Crippen LogP contribution in [0, 0.1) is 10.1 Å². The number of anilines is 1. The van der Waals surface area contributed by atoms with Crippen molar-refractivity contribution in [1.29, 1.82) is 0 Å². The number of nitro groups is 1. The highest BCUT2D eigenvalue weighted by molar-refractivity contribution is 7.09. The molecule has 7 nitrogen and oxygen atoms in total. The lowest BCUT2D eigenvalue weighted by Crippen LogP contribution is -2.16. The molecule has 3 aromatic rings. The molecule has 1 N–H and O–H groups in total. The summed E-state index contributed by atoms with van der Waals surface area (Å²) in [6, 6.07) is 9.49. The molecule has 24 heavy (non-hydrogen) atoms. The first-order valence-corrected chi connectivity index (χ1v) is 8.10. The second-order valence-corrected chi connectivity index (χ2v) is 6.27. The molecule has 3 rings (SSSR count). The number of carbonyl (C=O) groups excluding carboxylic acids is 1. The molecule has 2 heterocycles. The van der Waals surface area contributed by atoms with Crippen LogP contribution in [0.3, 0.4) is 0 Å². The largest absolute Gasteiger partial charge is 0.307 e. The van der Waals surface area contributed by atoms with Gasteiger partial charge in [-0.1, -0.05) is 17.7 Å². The molecule has 0 bridgehead atoms. The van der Waals surface area contributed by atoms with Crippen molar-refractivity contribution in [2.24, 2.45) is 0 Å². The van der Waals surface area contributed by atoms with Crippen LogP contribution in [0.4, 0.5) is 11.5 Å². The Bertz CT molecular complexity index is 892. The summed E-state index contributed by atoms with van der Waals surface area (Å²) >= 11 is 7.35. The molecular formula is C15H11ClN4O3S. The predicted octanol–water partition coefficient (Wildman–Crippen LogP) is 3.81. The van der Waals surface area contributed by atoms with E-state index in [-0.39, 0.29) is 16.3 Å². The monoisotopic (exact) mass is 362 g/mol. The highest BCUT2D eigenvalue weighted by Crippen LogP contribution is 2.25. The van der Waals surface area contributed by atoms with Crippen LogP contribution < -0.4 is 5.32 Å². The van der Waals surface area contributed by atoms with Gasteiger partial charge >= 0.3 is 0 Å². The minimum atomic E-state index is -0.625. The van der Waals surface area contributed by atoms with Crippen LogP contribution in [0.2, 0.25) is 5.02 Å². The maximum atomic E-state index is 12.3. The molecule has 2 aromatic heterocycles. The van der Waals surface area contributed by atoms with Crippen LogP contribution in [0.5, 0.6) is 0 Å². The van der Waals surface area contributed by atoms with E-state index in [2.05, 4.69) is 10.4 Å². The molecular weight excluding hydrogens is 352 g/mol. The maximum absolute atomic E-state index is 12.3. The second kappa shape index (κ2) is 6.81. The summed E-state index contributed by atoms with van der Waals surface area (Å²) in [4.78, 5) is 23.7. The summed E-state index contributed by atoms with van der Waals surface area (Å²) in [5, 5.41) is 19.8. The number of hydrogen-bond donors (Lipinski definition) is 1. The molecule has 0 spiro atoms. The number of thiophene rings is 1. The molecule has 0 aliphatic carbocycles. The van der Waals surface area contributed by atoms with Crippen molar-refractivity contribution in [1.82, 2.24) is 9.78 Å². The van der Waals surface area contributed by atoms with Crippen LogP contribution in [-0.2, 0) is 6.54 Å². The van der Waals surface area contributed by atoms with Crippen LogP contribution in [0.15, 0.2) is 48.0 Å². The Morgan fingerprint density at radius 3 is 2.92 bits per heavy atom. The fraction of sp³-hybridized carbons (Fsp3) is 0.0667. The van der Waals surface area contributed by atoms with E-state index in [9.17, 15) is 14.9 Å². The number of nitro benzene ring substituents is 1. The van der Waals surface area contributed by atoms with Crippen LogP contribution in [0.25, 0.3) is 0 Å². The van der Waals surface area contributed by atoms with E-state index in [0.29, 0.717) is 12.4 Å². The molecule has 0 unspecified atom stereocenters. The van der Waals surface area contributed by atoms with Gasteiger partial charge in [-0.3, -0.25) is 14.9 Å². The summed E-state index contributed by atoms with van der Waals surface area (Å²) in [7, 11) is 0. The van der Waals surface area contributed by atoms with Crippen molar-refractivity contribution in [2.75, 3.05) is 5.32 Å². The van der Waals surface area contributed by atoms with Gasteiger partial charge in [0.25, 0.3) is 11.6 Å². The van der Waals surface area contributed by atoms with Crippen LogP contribution >= 0.6 is 22.9 Å². The Morgan fingerprint density at radius 1 is 1.38 bits per heavy atom. The van der Waals surface area contributed by atoms with Crippen LogP contribution in [0.1, 0.15) is 15.2 Å². The van der Waals surface area contributed by atoms with E-state index in [1.165, 1.54) is 12.1 Å². The van der Waals surface area contributed by atoms with Gasteiger partial charge in [0.05, 0.1) is 17.7 Å². The lowest BCUT2D eigenvalue weighted by atomic mass is 10.2. The minimum absolute atomic E-state index is 0.0145. The second-order valence-electron chi connectivity index (χ2n) is 4.83. The average molecular weight is 363 g/mol.